The van der Waals surface area contributed by atoms with Crippen LogP contribution in [0.25, 0.3) is 32.7 Å². The van der Waals surface area contributed by atoms with Crippen LogP contribution in [0.1, 0.15) is 41.5 Å². The molecule has 0 bridgehead atoms. The Balaban J connectivity index is 0.000000449. The minimum absolute atomic E-state index is 0. The van der Waals surface area contributed by atoms with Gasteiger partial charge in [-0.3, -0.25) is 0 Å². The van der Waals surface area contributed by atoms with Crippen LogP contribution < -0.4 is 0 Å². The van der Waals surface area contributed by atoms with E-state index in [-0.39, 0.29) is 21.7 Å². The zero-order valence-electron chi connectivity index (χ0n) is 20.4. The Kier molecular flexibility index (Phi) is 11.5. The Hall–Kier alpha value is -1.21. The van der Waals surface area contributed by atoms with Crippen molar-refractivity contribution in [3.8, 4) is 16.9 Å². The fraction of sp³-hybridized carbons (Fsp3) is 0.286. The fourth-order valence-corrected chi connectivity index (χ4v) is 4.16. The van der Waals surface area contributed by atoms with E-state index >= 15 is 0 Å². The second kappa shape index (κ2) is 12.7. The third-order valence-corrected chi connectivity index (χ3v) is 5.36. The van der Waals surface area contributed by atoms with Gasteiger partial charge in [0.15, 0.2) is 0 Å². The van der Waals surface area contributed by atoms with Crippen LogP contribution in [0.15, 0.2) is 75.7 Å². The van der Waals surface area contributed by atoms with Gasteiger partial charge in [-0.2, -0.15) is 0 Å². The van der Waals surface area contributed by atoms with Crippen LogP contribution in [0.2, 0.25) is 0 Å². The molecule has 0 aliphatic heterocycles. The van der Waals surface area contributed by atoms with Crippen molar-refractivity contribution in [2.45, 2.75) is 52.7 Å². The second-order valence-corrected chi connectivity index (χ2v) is 11.5. The first-order valence-electron chi connectivity index (χ1n) is 10.7. The van der Waals surface area contributed by atoms with Crippen molar-refractivity contribution in [3.63, 3.8) is 0 Å². The molecule has 0 aromatic heterocycles. The summed E-state index contributed by atoms with van der Waals surface area (Å²) in [5.74, 6) is 0.297. The Morgan fingerprint density at radius 2 is 1.00 bits per heavy atom. The number of fused-ring (bicyclic) bond motifs is 2. The third-order valence-electron chi connectivity index (χ3n) is 4.08. The first-order valence-corrected chi connectivity index (χ1v) is 12.3. The summed E-state index contributed by atoms with van der Waals surface area (Å²) in [7, 11) is 0. The molecular weight excluding hydrogens is 592 g/mol. The molecule has 34 heavy (non-hydrogen) atoms. The minimum Gasteiger partial charge on any atom is -0.507 e. The van der Waals surface area contributed by atoms with E-state index in [1.54, 1.807) is 41.5 Å². The van der Waals surface area contributed by atoms with Gasteiger partial charge < -0.3 is 15.3 Å². The molecule has 4 aromatic rings. The number of hydrogen-bond donors (Lipinski definition) is 3. The number of halogens is 2. The average molecular weight is 624 g/mol. The van der Waals surface area contributed by atoms with Crippen LogP contribution >= 0.6 is 31.9 Å². The number of phenolic OH excluding ortho intramolecular Hbond substituents is 1. The van der Waals surface area contributed by atoms with E-state index in [9.17, 15) is 5.11 Å². The summed E-state index contributed by atoms with van der Waals surface area (Å²) in [5.41, 5.74) is 0.778. The van der Waals surface area contributed by atoms with Gasteiger partial charge in [0.05, 0.1) is 11.2 Å². The molecule has 3 nitrogen and oxygen atoms in total. The SMILES string of the molecule is CC(C)(C)O.CC(C)(C)O.Oc1c(-c2cc3ccccc3cc2Br)c(Br)cc2ccccc12.[Ti]. The van der Waals surface area contributed by atoms with Gasteiger partial charge in [0.25, 0.3) is 0 Å². The number of aromatic hydroxyl groups is 1. The van der Waals surface area contributed by atoms with Gasteiger partial charge in [0, 0.05) is 47.2 Å². The molecule has 0 atom stereocenters. The monoisotopic (exact) mass is 622 g/mol. The maximum atomic E-state index is 10.8. The van der Waals surface area contributed by atoms with Crippen LogP contribution in [0.3, 0.4) is 0 Å². The van der Waals surface area contributed by atoms with Gasteiger partial charge in [-0.25, -0.2) is 0 Å². The summed E-state index contributed by atoms with van der Waals surface area (Å²) in [4.78, 5) is 0. The van der Waals surface area contributed by atoms with Crippen molar-refractivity contribution in [2.24, 2.45) is 0 Å². The van der Waals surface area contributed by atoms with E-state index in [0.29, 0.717) is 5.75 Å². The predicted molar refractivity (Wildman–Crippen MR) is 148 cm³/mol. The van der Waals surface area contributed by atoms with Crippen molar-refractivity contribution in [1.82, 2.24) is 0 Å². The van der Waals surface area contributed by atoms with Gasteiger partial charge in [-0.05, 0) is 91.8 Å². The van der Waals surface area contributed by atoms with Crippen LogP contribution in [-0.4, -0.2) is 26.5 Å². The van der Waals surface area contributed by atoms with Crippen molar-refractivity contribution in [3.05, 3.63) is 75.7 Å². The topological polar surface area (TPSA) is 60.7 Å². The summed E-state index contributed by atoms with van der Waals surface area (Å²) < 4.78 is 1.84. The number of rotatable bonds is 1. The summed E-state index contributed by atoms with van der Waals surface area (Å²) in [6.07, 6.45) is 0. The molecule has 0 saturated heterocycles. The Morgan fingerprint density at radius 1 is 0.618 bits per heavy atom. The zero-order chi connectivity index (χ0) is 25.0. The molecule has 6 heteroatoms. The molecule has 0 radical (unpaired) electrons. The molecule has 4 aromatic carbocycles. The quantitative estimate of drug-likeness (QED) is 0.187. The van der Waals surface area contributed by atoms with Crippen LogP contribution in [-0.2, 0) is 21.7 Å². The summed E-state index contributed by atoms with van der Waals surface area (Å²) in [6.45, 7) is 10.5. The first kappa shape index (κ1) is 30.8. The Labute approximate surface area is 234 Å². The predicted octanol–water partition coefficient (Wildman–Crippen LogP) is 8.44. The number of hydrogen-bond acceptors (Lipinski definition) is 3. The van der Waals surface area contributed by atoms with Gasteiger partial charge in [0.1, 0.15) is 5.75 Å². The Bertz CT molecular complexity index is 1220. The van der Waals surface area contributed by atoms with E-state index in [0.717, 1.165) is 36.2 Å². The van der Waals surface area contributed by atoms with Crippen LogP contribution in [0, 0.1) is 0 Å². The molecule has 3 N–H and O–H groups in total. The number of benzene rings is 4. The molecule has 180 valence electrons. The number of aliphatic hydroxyl groups is 2. The van der Waals surface area contributed by atoms with Crippen molar-refractivity contribution in [2.75, 3.05) is 0 Å². The molecule has 0 spiro atoms. The zero-order valence-corrected chi connectivity index (χ0v) is 25.2. The van der Waals surface area contributed by atoms with Crippen molar-refractivity contribution in [1.29, 1.82) is 0 Å². The van der Waals surface area contributed by atoms with E-state index in [2.05, 4.69) is 56.1 Å². The van der Waals surface area contributed by atoms with Crippen LogP contribution in [0.4, 0.5) is 0 Å². The summed E-state index contributed by atoms with van der Waals surface area (Å²) >= 11 is 7.28. The maximum Gasteiger partial charge on any atom is 0.132 e. The smallest absolute Gasteiger partial charge is 0.132 e. The average Bonchev–Trinajstić information content (AvgIpc) is 2.66. The Morgan fingerprint density at radius 3 is 1.50 bits per heavy atom. The summed E-state index contributed by atoms with van der Waals surface area (Å²) in [6, 6.07) is 22.3. The molecule has 0 unspecified atom stereocenters. The first-order chi connectivity index (χ1) is 15.1. The van der Waals surface area contributed by atoms with E-state index in [4.69, 9.17) is 10.2 Å². The maximum absolute atomic E-state index is 10.8. The molecule has 4 rings (SSSR count). The molecule has 0 saturated carbocycles. The number of phenols is 1. The molecule has 0 aliphatic carbocycles. The van der Waals surface area contributed by atoms with Gasteiger partial charge in [-0.1, -0.05) is 64.5 Å². The normalized spacial score (nSPS) is 11.1. The molecule has 0 amide bonds. The summed E-state index contributed by atoms with van der Waals surface area (Å²) in [5, 5.41) is 32.0. The van der Waals surface area contributed by atoms with Gasteiger partial charge in [-0.15, -0.1) is 0 Å². The standard InChI is InChI=1S/C20H12Br2O.2C4H10O.Ti/c21-17-10-13-6-2-1-5-12(13)9-16(17)19-18(22)11-14-7-3-4-8-15(14)20(19)23;2*1-4(2,3)5;/h1-11,23H;2*5H,1-3H3;. The largest absolute Gasteiger partial charge is 0.507 e. The van der Waals surface area contributed by atoms with Crippen molar-refractivity contribution < 1.29 is 37.0 Å². The van der Waals surface area contributed by atoms with E-state index < -0.39 is 11.2 Å². The molecule has 0 aliphatic rings. The van der Waals surface area contributed by atoms with Gasteiger partial charge in [0.2, 0.25) is 0 Å². The van der Waals surface area contributed by atoms with Crippen molar-refractivity contribution >= 4 is 53.4 Å². The van der Waals surface area contributed by atoms with Gasteiger partial charge >= 0.3 is 0 Å². The molecular formula is C28H32Br2O3Ti. The minimum atomic E-state index is -0.500. The fourth-order valence-electron chi connectivity index (χ4n) is 2.96. The van der Waals surface area contributed by atoms with Crippen LogP contribution in [0.5, 0.6) is 5.75 Å². The molecule has 0 heterocycles. The second-order valence-electron chi connectivity index (χ2n) is 9.82. The van der Waals surface area contributed by atoms with E-state index in [1.165, 1.54) is 5.39 Å². The third kappa shape index (κ3) is 9.81. The van der Waals surface area contributed by atoms with E-state index in [1.807, 2.05) is 42.5 Å². The molecule has 0 fully saturated rings.